The van der Waals surface area contributed by atoms with Gasteiger partial charge in [0.1, 0.15) is 11.5 Å². The van der Waals surface area contributed by atoms with Crippen LogP contribution in [0.4, 0.5) is 0 Å². The molecule has 0 aromatic heterocycles. The van der Waals surface area contributed by atoms with Crippen LogP contribution in [0.5, 0.6) is 11.5 Å². The van der Waals surface area contributed by atoms with E-state index in [0.29, 0.717) is 17.4 Å². The minimum atomic E-state index is -0.213. The number of aromatic hydroxyl groups is 2. The number of nitrogens with zero attached hydrogens (tertiary/aromatic N) is 1. The third-order valence-corrected chi connectivity index (χ3v) is 4.58. The Balaban J connectivity index is 1.82. The highest BCUT2D eigenvalue weighted by Crippen LogP contribution is 2.29. The van der Waals surface area contributed by atoms with Crippen LogP contribution in [0.1, 0.15) is 22.8 Å². The van der Waals surface area contributed by atoms with Crippen LogP contribution >= 0.6 is 0 Å². The van der Waals surface area contributed by atoms with Gasteiger partial charge in [0.2, 0.25) is 0 Å². The molecule has 0 spiro atoms. The number of benzene rings is 3. The topological polar surface area (TPSA) is 60.8 Å². The van der Waals surface area contributed by atoms with Crippen LogP contribution in [-0.4, -0.2) is 34.1 Å². The molecule has 4 heteroatoms. The molecule has 0 unspecified atom stereocenters. The van der Waals surface area contributed by atoms with E-state index >= 15 is 0 Å². The lowest BCUT2D eigenvalue weighted by Gasteiger charge is -2.25. The van der Waals surface area contributed by atoms with Crippen molar-refractivity contribution in [1.29, 1.82) is 0 Å². The Hall–Kier alpha value is -3.01. The Labute approximate surface area is 147 Å². The van der Waals surface area contributed by atoms with E-state index < -0.39 is 0 Å². The fourth-order valence-electron chi connectivity index (χ4n) is 2.93. The van der Waals surface area contributed by atoms with E-state index in [-0.39, 0.29) is 23.4 Å². The molecule has 0 aliphatic rings. The van der Waals surface area contributed by atoms with Crippen molar-refractivity contribution < 1.29 is 15.0 Å². The molecule has 3 aromatic rings. The van der Waals surface area contributed by atoms with Gasteiger partial charge in [-0.05, 0) is 42.5 Å². The van der Waals surface area contributed by atoms with Gasteiger partial charge in [-0.2, -0.15) is 0 Å². The number of likely N-dealkylation sites (N-methyl/N-ethyl adjacent to an activating group) is 1. The van der Waals surface area contributed by atoms with Gasteiger partial charge in [-0.25, -0.2) is 0 Å². The molecule has 128 valence electrons. The van der Waals surface area contributed by atoms with Crippen LogP contribution < -0.4 is 0 Å². The first kappa shape index (κ1) is 16.8. The molecule has 3 aromatic carbocycles. The van der Waals surface area contributed by atoms with Crippen LogP contribution in [0.2, 0.25) is 0 Å². The predicted octanol–water partition coefficient (Wildman–Crippen LogP) is 3.95. The molecule has 4 nitrogen and oxygen atoms in total. The van der Waals surface area contributed by atoms with Gasteiger partial charge in [0.25, 0.3) is 5.91 Å². The lowest BCUT2D eigenvalue weighted by molar-refractivity contribution is 0.0740. The molecule has 0 fully saturated rings. The number of rotatable bonds is 4. The second-order valence-corrected chi connectivity index (χ2v) is 6.32. The monoisotopic (exact) mass is 335 g/mol. The van der Waals surface area contributed by atoms with Gasteiger partial charge in [-0.15, -0.1) is 0 Å². The van der Waals surface area contributed by atoms with Crippen LogP contribution in [0.15, 0.2) is 60.7 Å². The fourth-order valence-corrected chi connectivity index (χ4v) is 2.93. The predicted molar refractivity (Wildman–Crippen MR) is 99.0 cm³/mol. The molecule has 0 saturated heterocycles. The molecular formula is C21H21NO3. The molecule has 2 N–H and O–H groups in total. The van der Waals surface area contributed by atoms with Crippen molar-refractivity contribution in [2.75, 3.05) is 7.05 Å². The second kappa shape index (κ2) is 6.85. The van der Waals surface area contributed by atoms with Gasteiger partial charge in [0.05, 0.1) is 5.56 Å². The highest BCUT2D eigenvalue weighted by Gasteiger charge is 2.21. The van der Waals surface area contributed by atoms with Crippen molar-refractivity contribution in [2.24, 2.45) is 0 Å². The van der Waals surface area contributed by atoms with Gasteiger partial charge in [0.15, 0.2) is 0 Å². The third-order valence-electron chi connectivity index (χ3n) is 4.58. The lowest BCUT2D eigenvalue weighted by Crippen LogP contribution is -2.36. The smallest absolute Gasteiger partial charge is 0.257 e. The van der Waals surface area contributed by atoms with E-state index in [4.69, 9.17) is 0 Å². The Morgan fingerprint density at radius 3 is 2.40 bits per heavy atom. The number of hydrogen-bond donors (Lipinski definition) is 2. The zero-order valence-corrected chi connectivity index (χ0v) is 14.3. The van der Waals surface area contributed by atoms with E-state index in [2.05, 4.69) is 0 Å². The van der Waals surface area contributed by atoms with Crippen molar-refractivity contribution in [1.82, 2.24) is 4.90 Å². The van der Waals surface area contributed by atoms with Crippen LogP contribution in [-0.2, 0) is 6.42 Å². The standard InChI is InChI=1S/C21H21NO3/c1-14(13-15-7-10-17(23)11-8-15)22(2)21(25)19-12-9-16-5-3-4-6-18(16)20(19)24/h3-12,14,23-24H,13H2,1-2H3/t14-/m0/s1. The first-order valence-corrected chi connectivity index (χ1v) is 8.23. The number of amides is 1. The average molecular weight is 335 g/mol. The molecule has 0 saturated carbocycles. The summed E-state index contributed by atoms with van der Waals surface area (Å²) in [6, 6.07) is 17.9. The van der Waals surface area contributed by atoms with E-state index in [0.717, 1.165) is 10.9 Å². The summed E-state index contributed by atoms with van der Waals surface area (Å²) in [6.07, 6.45) is 0.664. The number of carbonyl (C=O) groups is 1. The van der Waals surface area contributed by atoms with Gasteiger partial charge >= 0.3 is 0 Å². The summed E-state index contributed by atoms with van der Waals surface area (Å²) in [6.45, 7) is 1.96. The minimum Gasteiger partial charge on any atom is -0.508 e. The zero-order valence-electron chi connectivity index (χ0n) is 14.3. The highest BCUT2D eigenvalue weighted by atomic mass is 16.3. The molecule has 0 bridgehead atoms. The zero-order chi connectivity index (χ0) is 18.0. The number of carbonyl (C=O) groups excluding carboxylic acids is 1. The van der Waals surface area contributed by atoms with E-state index in [1.807, 2.05) is 43.3 Å². The maximum atomic E-state index is 12.8. The van der Waals surface area contributed by atoms with Crippen molar-refractivity contribution in [3.05, 3.63) is 71.8 Å². The Morgan fingerprint density at radius 2 is 1.68 bits per heavy atom. The average Bonchev–Trinajstić information content (AvgIpc) is 2.63. The summed E-state index contributed by atoms with van der Waals surface area (Å²) in [5.41, 5.74) is 1.34. The summed E-state index contributed by atoms with van der Waals surface area (Å²) in [5.74, 6) is 0.0308. The largest absolute Gasteiger partial charge is 0.508 e. The van der Waals surface area contributed by atoms with E-state index in [1.54, 1.807) is 36.2 Å². The summed E-state index contributed by atoms with van der Waals surface area (Å²) >= 11 is 0. The number of hydrogen-bond acceptors (Lipinski definition) is 3. The summed E-state index contributed by atoms with van der Waals surface area (Å²) < 4.78 is 0. The van der Waals surface area contributed by atoms with E-state index in [1.165, 1.54) is 0 Å². The van der Waals surface area contributed by atoms with Gasteiger partial charge in [0, 0.05) is 18.5 Å². The fraction of sp³-hybridized carbons (Fsp3) is 0.190. The molecular weight excluding hydrogens is 314 g/mol. The van der Waals surface area contributed by atoms with Crippen molar-refractivity contribution in [3.8, 4) is 11.5 Å². The summed E-state index contributed by atoms with van der Waals surface area (Å²) in [5, 5.41) is 21.4. The second-order valence-electron chi connectivity index (χ2n) is 6.32. The number of fused-ring (bicyclic) bond motifs is 1. The van der Waals surface area contributed by atoms with Crippen LogP contribution in [0.3, 0.4) is 0 Å². The SMILES string of the molecule is C[C@@H](Cc1ccc(O)cc1)N(C)C(=O)c1ccc2ccccc2c1O. The third kappa shape index (κ3) is 3.43. The number of phenols is 2. The van der Waals surface area contributed by atoms with Gasteiger partial charge in [-0.3, -0.25) is 4.79 Å². The lowest BCUT2D eigenvalue weighted by atomic mass is 10.0. The highest BCUT2D eigenvalue weighted by molar-refractivity contribution is 6.03. The summed E-state index contributed by atoms with van der Waals surface area (Å²) in [7, 11) is 1.74. The summed E-state index contributed by atoms with van der Waals surface area (Å²) in [4.78, 5) is 14.5. The molecule has 0 aliphatic heterocycles. The van der Waals surface area contributed by atoms with Crippen LogP contribution in [0, 0.1) is 0 Å². The van der Waals surface area contributed by atoms with Gasteiger partial charge < -0.3 is 15.1 Å². The van der Waals surface area contributed by atoms with Crippen LogP contribution in [0.25, 0.3) is 10.8 Å². The first-order chi connectivity index (χ1) is 12.0. The quantitative estimate of drug-likeness (QED) is 0.759. The molecule has 1 atom stereocenters. The van der Waals surface area contributed by atoms with Crippen molar-refractivity contribution >= 4 is 16.7 Å². The molecule has 3 rings (SSSR count). The Kier molecular flexibility index (Phi) is 4.61. The Bertz CT molecular complexity index is 903. The molecule has 0 aliphatic carbocycles. The van der Waals surface area contributed by atoms with Crippen molar-refractivity contribution in [3.63, 3.8) is 0 Å². The molecule has 0 heterocycles. The van der Waals surface area contributed by atoms with E-state index in [9.17, 15) is 15.0 Å². The molecule has 0 radical (unpaired) electrons. The van der Waals surface area contributed by atoms with Gasteiger partial charge in [-0.1, -0.05) is 42.5 Å². The maximum absolute atomic E-state index is 12.8. The van der Waals surface area contributed by atoms with Crippen molar-refractivity contribution in [2.45, 2.75) is 19.4 Å². The molecule has 1 amide bonds. The Morgan fingerprint density at radius 1 is 1.00 bits per heavy atom. The molecule has 25 heavy (non-hydrogen) atoms. The first-order valence-electron chi connectivity index (χ1n) is 8.23. The minimum absolute atomic E-state index is 0.0202. The maximum Gasteiger partial charge on any atom is 0.257 e. The normalized spacial score (nSPS) is 12.1. The number of phenolic OH excluding ortho intramolecular Hbond substituents is 2.